The monoisotopic (exact) mass is 433 g/mol. The molecule has 3 heterocycles. The van der Waals surface area contributed by atoms with Crippen LogP contribution in [-0.2, 0) is 9.59 Å². The predicted molar refractivity (Wildman–Crippen MR) is 129 cm³/mol. The lowest BCUT2D eigenvalue weighted by atomic mass is 9.95. The molecule has 1 aromatic heterocycles. The van der Waals surface area contributed by atoms with E-state index in [1.54, 1.807) is 6.08 Å². The van der Waals surface area contributed by atoms with Gasteiger partial charge < -0.3 is 14.4 Å². The van der Waals surface area contributed by atoms with Crippen molar-refractivity contribution in [3.8, 4) is 5.69 Å². The number of para-hydroxylation sites is 1. The maximum absolute atomic E-state index is 12.9. The number of carbonyl (C=O) groups excluding carboxylic acids is 2. The second-order valence-corrected chi connectivity index (χ2v) is 9.17. The Morgan fingerprint density at radius 1 is 0.875 bits per heavy atom. The number of aromatic nitrogens is 1. The van der Waals surface area contributed by atoms with E-state index in [1.807, 2.05) is 29.2 Å². The number of amides is 2. The third-order valence-corrected chi connectivity index (χ3v) is 6.96. The van der Waals surface area contributed by atoms with E-state index in [2.05, 4.69) is 41.5 Å². The largest absolute Gasteiger partial charge is 0.342 e. The van der Waals surface area contributed by atoms with Crippen molar-refractivity contribution in [2.24, 2.45) is 5.92 Å². The van der Waals surface area contributed by atoms with E-state index in [9.17, 15) is 9.59 Å². The van der Waals surface area contributed by atoms with Gasteiger partial charge in [0.15, 0.2) is 0 Å². The molecule has 2 aromatic rings. The average Bonchev–Trinajstić information content (AvgIpc) is 2.99. The smallest absolute Gasteiger partial charge is 0.246 e. The van der Waals surface area contributed by atoms with Crippen LogP contribution in [-0.4, -0.2) is 52.4 Å². The fourth-order valence-corrected chi connectivity index (χ4v) is 5.09. The second kappa shape index (κ2) is 10.2. The first-order valence-corrected chi connectivity index (χ1v) is 12.0. The SMILES string of the molecule is Cc1cc(/C=C/C(=O)N2CCC(C(=O)N3CCCCCC3)CC2)c(C)n1-c1ccccc1. The van der Waals surface area contributed by atoms with Gasteiger partial charge in [0.25, 0.3) is 0 Å². The van der Waals surface area contributed by atoms with E-state index in [4.69, 9.17) is 0 Å². The van der Waals surface area contributed by atoms with Gasteiger partial charge in [0.05, 0.1) is 0 Å². The molecule has 0 aliphatic carbocycles. The molecule has 2 aliphatic heterocycles. The predicted octanol–water partition coefficient (Wildman–Crippen LogP) is 4.75. The quantitative estimate of drug-likeness (QED) is 0.654. The summed E-state index contributed by atoms with van der Waals surface area (Å²) in [7, 11) is 0. The number of nitrogens with zero attached hydrogens (tertiary/aromatic N) is 3. The molecule has 1 aromatic carbocycles. The first-order chi connectivity index (χ1) is 15.5. The molecule has 4 rings (SSSR count). The van der Waals surface area contributed by atoms with Gasteiger partial charge >= 0.3 is 0 Å². The highest BCUT2D eigenvalue weighted by Gasteiger charge is 2.29. The highest BCUT2D eigenvalue weighted by Crippen LogP contribution is 2.24. The summed E-state index contributed by atoms with van der Waals surface area (Å²) in [6, 6.07) is 12.4. The fraction of sp³-hybridized carbons (Fsp3) is 0.481. The summed E-state index contributed by atoms with van der Waals surface area (Å²) in [6.07, 6.45) is 9.88. The maximum atomic E-state index is 12.9. The molecular weight excluding hydrogens is 398 g/mol. The van der Waals surface area contributed by atoms with Crippen LogP contribution in [0.25, 0.3) is 11.8 Å². The molecular formula is C27H35N3O2. The first-order valence-electron chi connectivity index (χ1n) is 12.0. The lowest BCUT2D eigenvalue weighted by Crippen LogP contribution is -2.44. The molecule has 5 nitrogen and oxygen atoms in total. The Balaban J connectivity index is 1.35. The minimum Gasteiger partial charge on any atom is -0.342 e. The Hall–Kier alpha value is -2.82. The third kappa shape index (κ3) is 4.98. The maximum Gasteiger partial charge on any atom is 0.246 e. The summed E-state index contributed by atoms with van der Waals surface area (Å²) in [5.74, 6) is 0.420. The number of carbonyl (C=O) groups is 2. The Kier molecular flexibility index (Phi) is 7.13. The van der Waals surface area contributed by atoms with E-state index in [1.165, 1.54) is 12.8 Å². The van der Waals surface area contributed by atoms with Crippen LogP contribution in [0.2, 0.25) is 0 Å². The van der Waals surface area contributed by atoms with Crippen molar-refractivity contribution in [2.75, 3.05) is 26.2 Å². The molecule has 0 radical (unpaired) electrons. The summed E-state index contributed by atoms with van der Waals surface area (Å²) < 4.78 is 2.21. The molecule has 2 aliphatic rings. The summed E-state index contributed by atoms with van der Waals surface area (Å²) in [5, 5.41) is 0. The van der Waals surface area contributed by atoms with Crippen molar-refractivity contribution in [1.82, 2.24) is 14.4 Å². The first kappa shape index (κ1) is 22.4. The Morgan fingerprint density at radius 3 is 2.19 bits per heavy atom. The highest BCUT2D eigenvalue weighted by atomic mass is 16.2. The number of aryl methyl sites for hydroxylation is 1. The molecule has 0 spiro atoms. The minimum atomic E-state index is 0.0372. The second-order valence-electron chi connectivity index (χ2n) is 9.17. The average molecular weight is 434 g/mol. The number of hydrogen-bond acceptors (Lipinski definition) is 2. The zero-order chi connectivity index (χ0) is 22.5. The third-order valence-electron chi connectivity index (χ3n) is 6.96. The van der Waals surface area contributed by atoms with Gasteiger partial charge in [-0.25, -0.2) is 0 Å². The van der Waals surface area contributed by atoms with Crippen molar-refractivity contribution in [3.63, 3.8) is 0 Å². The van der Waals surface area contributed by atoms with Gasteiger partial charge in [0.1, 0.15) is 0 Å². The molecule has 2 fully saturated rings. The Labute approximate surface area is 191 Å². The molecule has 2 amide bonds. The van der Waals surface area contributed by atoms with Gasteiger partial charge in [0.2, 0.25) is 11.8 Å². The number of rotatable bonds is 4. The minimum absolute atomic E-state index is 0.0372. The normalized spacial score (nSPS) is 18.2. The fourth-order valence-electron chi connectivity index (χ4n) is 5.09. The van der Waals surface area contributed by atoms with Gasteiger partial charge in [-0.15, -0.1) is 0 Å². The van der Waals surface area contributed by atoms with Crippen molar-refractivity contribution >= 4 is 17.9 Å². The van der Waals surface area contributed by atoms with Crippen LogP contribution in [0.1, 0.15) is 55.5 Å². The standard InChI is InChI=1S/C27H35N3O2/c1-21-20-24(22(2)30(21)25-10-6-5-7-11-25)12-13-26(31)28-18-14-23(15-19-28)27(32)29-16-8-3-4-9-17-29/h5-7,10-13,20,23H,3-4,8-9,14-19H2,1-2H3/b13-12+. The molecule has 0 N–H and O–H groups in total. The van der Waals surface area contributed by atoms with Crippen LogP contribution in [0.3, 0.4) is 0 Å². The molecule has 170 valence electrons. The van der Waals surface area contributed by atoms with Crippen LogP contribution in [0.15, 0.2) is 42.5 Å². The molecule has 2 saturated heterocycles. The van der Waals surface area contributed by atoms with Crippen molar-refractivity contribution in [2.45, 2.75) is 52.4 Å². The molecule has 0 atom stereocenters. The van der Waals surface area contributed by atoms with Crippen LogP contribution >= 0.6 is 0 Å². The Bertz CT molecular complexity index is 960. The molecule has 0 bridgehead atoms. The molecule has 0 unspecified atom stereocenters. The zero-order valence-electron chi connectivity index (χ0n) is 19.4. The van der Waals surface area contributed by atoms with Gasteiger partial charge in [-0.2, -0.15) is 0 Å². The number of hydrogen-bond donors (Lipinski definition) is 0. The number of likely N-dealkylation sites (tertiary alicyclic amines) is 2. The lowest BCUT2D eigenvalue weighted by molar-refractivity contribution is -0.139. The van der Waals surface area contributed by atoms with Crippen LogP contribution in [0, 0.1) is 19.8 Å². The number of piperidine rings is 1. The van der Waals surface area contributed by atoms with Crippen LogP contribution in [0.4, 0.5) is 0 Å². The van der Waals surface area contributed by atoms with Gasteiger partial charge in [0, 0.05) is 55.2 Å². The van der Waals surface area contributed by atoms with Crippen molar-refractivity contribution in [3.05, 3.63) is 59.4 Å². The van der Waals surface area contributed by atoms with E-state index in [0.717, 1.165) is 61.4 Å². The summed E-state index contributed by atoms with van der Waals surface area (Å²) >= 11 is 0. The Morgan fingerprint density at radius 2 is 1.53 bits per heavy atom. The molecule has 0 saturated carbocycles. The topological polar surface area (TPSA) is 45.6 Å². The van der Waals surface area contributed by atoms with Crippen LogP contribution < -0.4 is 0 Å². The van der Waals surface area contributed by atoms with E-state index >= 15 is 0 Å². The summed E-state index contributed by atoms with van der Waals surface area (Å²) in [4.78, 5) is 29.6. The van der Waals surface area contributed by atoms with Gasteiger partial charge in [-0.3, -0.25) is 9.59 Å². The molecule has 5 heteroatoms. The lowest BCUT2D eigenvalue weighted by Gasteiger charge is -2.33. The molecule has 32 heavy (non-hydrogen) atoms. The van der Waals surface area contributed by atoms with E-state index in [0.29, 0.717) is 19.0 Å². The van der Waals surface area contributed by atoms with Gasteiger partial charge in [-0.1, -0.05) is 31.0 Å². The van der Waals surface area contributed by atoms with Crippen molar-refractivity contribution < 1.29 is 9.59 Å². The highest BCUT2D eigenvalue weighted by molar-refractivity contribution is 5.92. The van der Waals surface area contributed by atoms with Gasteiger partial charge in [-0.05, 0) is 69.4 Å². The van der Waals surface area contributed by atoms with E-state index < -0.39 is 0 Å². The summed E-state index contributed by atoms with van der Waals surface area (Å²) in [6.45, 7) is 7.31. The number of benzene rings is 1. The van der Waals surface area contributed by atoms with Crippen LogP contribution in [0.5, 0.6) is 0 Å². The van der Waals surface area contributed by atoms with E-state index in [-0.39, 0.29) is 11.8 Å². The zero-order valence-corrected chi connectivity index (χ0v) is 19.4. The van der Waals surface area contributed by atoms with Crippen molar-refractivity contribution in [1.29, 1.82) is 0 Å². The summed E-state index contributed by atoms with van der Waals surface area (Å²) in [5.41, 5.74) is 4.46.